The lowest BCUT2D eigenvalue weighted by Crippen LogP contribution is -2.48. The molecule has 1 heterocycles. The summed E-state index contributed by atoms with van der Waals surface area (Å²) in [5.74, 6) is 1.16. The van der Waals surface area contributed by atoms with Crippen LogP contribution in [0.3, 0.4) is 0 Å². The van der Waals surface area contributed by atoms with Crippen LogP contribution in [0.1, 0.15) is 6.92 Å². The van der Waals surface area contributed by atoms with Crippen LogP contribution in [0.4, 0.5) is 11.4 Å². The van der Waals surface area contributed by atoms with Gasteiger partial charge in [-0.25, -0.2) is 0 Å². The minimum atomic E-state index is -0.817. The minimum Gasteiger partial charge on any atom is -0.476 e. The molecule has 7 heteroatoms. The van der Waals surface area contributed by atoms with E-state index in [-0.39, 0.29) is 18.4 Å². The number of fused-ring (bicyclic) bond motifs is 1. The molecule has 0 saturated heterocycles. The molecule has 0 bridgehead atoms. The zero-order chi connectivity index (χ0) is 21.1. The Morgan fingerprint density at radius 1 is 1.03 bits per heavy atom. The van der Waals surface area contributed by atoms with Gasteiger partial charge in [-0.2, -0.15) is 0 Å². The summed E-state index contributed by atoms with van der Waals surface area (Å²) < 4.78 is 11.6. The van der Waals surface area contributed by atoms with E-state index in [9.17, 15) is 9.59 Å². The van der Waals surface area contributed by atoms with Gasteiger partial charge in [0.2, 0.25) is 5.91 Å². The summed E-state index contributed by atoms with van der Waals surface area (Å²) in [4.78, 5) is 26.3. The van der Waals surface area contributed by atoms with Crippen molar-refractivity contribution in [3.8, 4) is 17.2 Å². The first-order valence-corrected chi connectivity index (χ1v) is 9.76. The fraction of sp³-hybridized carbons (Fsp3) is 0.130. The third-order valence-electron chi connectivity index (χ3n) is 4.63. The quantitative estimate of drug-likeness (QED) is 0.650. The van der Waals surface area contributed by atoms with Crippen LogP contribution in [0, 0.1) is 0 Å². The van der Waals surface area contributed by atoms with Crippen molar-refractivity contribution in [1.29, 1.82) is 0 Å². The number of nitrogens with one attached hydrogen (secondary N) is 1. The van der Waals surface area contributed by atoms with Gasteiger partial charge in [0.15, 0.2) is 6.10 Å². The van der Waals surface area contributed by atoms with E-state index in [0.29, 0.717) is 33.6 Å². The van der Waals surface area contributed by atoms with Gasteiger partial charge in [-0.05, 0) is 48.5 Å². The summed E-state index contributed by atoms with van der Waals surface area (Å²) in [6.07, 6.45) is -0.817. The van der Waals surface area contributed by atoms with Crippen molar-refractivity contribution in [2.45, 2.75) is 13.0 Å². The molecule has 3 aromatic rings. The van der Waals surface area contributed by atoms with Crippen LogP contribution in [-0.4, -0.2) is 24.5 Å². The number of ether oxygens (including phenoxy) is 2. The lowest BCUT2D eigenvalue weighted by Gasteiger charge is -2.33. The van der Waals surface area contributed by atoms with Crippen LogP contribution < -0.4 is 19.7 Å². The first-order chi connectivity index (χ1) is 14.5. The number of benzene rings is 3. The summed E-state index contributed by atoms with van der Waals surface area (Å²) >= 11 is 6.11. The normalized spacial score (nSPS) is 15.0. The zero-order valence-corrected chi connectivity index (χ0v) is 16.9. The number of rotatable bonds is 4. The number of nitrogens with zero attached hydrogens (tertiary/aromatic N) is 1. The lowest BCUT2D eigenvalue weighted by atomic mass is 10.1. The van der Waals surface area contributed by atoms with Gasteiger partial charge in [0.25, 0.3) is 5.91 Å². The van der Waals surface area contributed by atoms with Crippen molar-refractivity contribution >= 4 is 34.8 Å². The topological polar surface area (TPSA) is 67.9 Å². The largest absolute Gasteiger partial charge is 0.476 e. The number of amides is 2. The molecule has 0 aromatic heterocycles. The standard InChI is InChI=1S/C23H19ClN2O4/c1-15(27)26-14-22(30-21-9-5-3-7-19(21)26)23(28)25-16-10-12-17(13-11-16)29-20-8-4-2-6-18(20)24/h2-13,22H,14H2,1H3,(H,25,28). The van der Waals surface area contributed by atoms with E-state index < -0.39 is 6.10 Å². The Bertz CT molecular complexity index is 1080. The highest BCUT2D eigenvalue weighted by atomic mass is 35.5. The van der Waals surface area contributed by atoms with Crippen LogP contribution in [0.25, 0.3) is 0 Å². The van der Waals surface area contributed by atoms with Crippen molar-refractivity contribution in [2.24, 2.45) is 0 Å². The Morgan fingerprint density at radius 2 is 1.73 bits per heavy atom. The first kappa shape index (κ1) is 19.8. The number of para-hydroxylation sites is 3. The summed E-state index contributed by atoms with van der Waals surface area (Å²) in [7, 11) is 0. The van der Waals surface area contributed by atoms with Gasteiger partial charge in [0.1, 0.15) is 17.2 Å². The fourth-order valence-corrected chi connectivity index (χ4v) is 3.33. The molecule has 0 fully saturated rings. The molecular formula is C23H19ClN2O4. The smallest absolute Gasteiger partial charge is 0.267 e. The van der Waals surface area contributed by atoms with Gasteiger partial charge in [-0.3, -0.25) is 9.59 Å². The van der Waals surface area contributed by atoms with Crippen molar-refractivity contribution < 1.29 is 19.1 Å². The van der Waals surface area contributed by atoms with Crippen LogP contribution in [0.15, 0.2) is 72.8 Å². The maximum atomic E-state index is 12.7. The molecule has 1 aliphatic rings. The molecule has 1 atom stereocenters. The molecule has 1 N–H and O–H groups in total. The average molecular weight is 423 g/mol. The summed E-state index contributed by atoms with van der Waals surface area (Å²) in [6, 6.07) is 21.3. The molecule has 30 heavy (non-hydrogen) atoms. The van der Waals surface area contributed by atoms with E-state index in [2.05, 4.69) is 5.32 Å². The summed E-state index contributed by atoms with van der Waals surface area (Å²) in [5.41, 5.74) is 1.25. The third-order valence-corrected chi connectivity index (χ3v) is 4.94. The van der Waals surface area contributed by atoms with Gasteiger partial charge in [-0.15, -0.1) is 0 Å². The minimum absolute atomic E-state index is 0.145. The maximum Gasteiger partial charge on any atom is 0.267 e. The van der Waals surface area contributed by atoms with E-state index in [1.54, 1.807) is 59.5 Å². The average Bonchev–Trinajstić information content (AvgIpc) is 2.75. The molecular weight excluding hydrogens is 404 g/mol. The molecule has 2 amide bonds. The number of hydrogen-bond donors (Lipinski definition) is 1. The second-order valence-corrected chi connectivity index (χ2v) is 7.16. The number of anilines is 2. The van der Waals surface area contributed by atoms with Gasteiger partial charge >= 0.3 is 0 Å². The Kier molecular flexibility index (Phi) is 5.59. The molecule has 6 nitrogen and oxygen atoms in total. The van der Waals surface area contributed by atoms with Gasteiger partial charge in [0, 0.05) is 12.6 Å². The Labute approximate surface area is 179 Å². The monoisotopic (exact) mass is 422 g/mol. The number of hydrogen-bond acceptors (Lipinski definition) is 4. The number of halogens is 1. The third kappa shape index (κ3) is 4.23. The predicted octanol–water partition coefficient (Wildman–Crippen LogP) is 4.88. The highest BCUT2D eigenvalue weighted by molar-refractivity contribution is 6.32. The van der Waals surface area contributed by atoms with Crippen LogP contribution in [0.5, 0.6) is 17.2 Å². The van der Waals surface area contributed by atoms with E-state index in [4.69, 9.17) is 21.1 Å². The lowest BCUT2D eigenvalue weighted by molar-refractivity contribution is -0.123. The Hall–Kier alpha value is -3.51. The molecule has 0 saturated carbocycles. The van der Waals surface area contributed by atoms with E-state index in [1.807, 2.05) is 18.2 Å². The predicted molar refractivity (Wildman–Crippen MR) is 115 cm³/mol. The molecule has 0 radical (unpaired) electrons. The fourth-order valence-electron chi connectivity index (χ4n) is 3.15. The molecule has 1 unspecified atom stereocenters. The SMILES string of the molecule is CC(=O)N1CC(C(=O)Nc2ccc(Oc3ccccc3Cl)cc2)Oc2ccccc21. The highest BCUT2D eigenvalue weighted by Crippen LogP contribution is 2.33. The van der Waals surface area contributed by atoms with E-state index in [0.717, 1.165) is 0 Å². The van der Waals surface area contributed by atoms with Gasteiger partial charge < -0.3 is 19.7 Å². The van der Waals surface area contributed by atoms with Gasteiger partial charge in [0.05, 0.1) is 17.3 Å². The van der Waals surface area contributed by atoms with Crippen LogP contribution in [0.2, 0.25) is 5.02 Å². The molecule has 152 valence electrons. The highest BCUT2D eigenvalue weighted by Gasteiger charge is 2.32. The second kappa shape index (κ2) is 8.47. The maximum absolute atomic E-state index is 12.7. The van der Waals surface area contributed by atoms with E-state index in [1.165, 1.54) is 6.92 Å². The first-order valence-electron chi connectivity index (χ1n) is 9.38. The molecule has 3 aromatic carbocycles. The summed E-state index contributed by atoms with van der Waals surface area (Å²) in [6.45, 7) is 1.61. The number of carbonyl (C=O) groups is 2. The van der Waals surface area contributed by atoms with Crippen molar-refractivity contribution in [1.82, 2.24) is 0 Å². The molecule has 0 spiro atoms. The Balaban J connectivity index is 1.44. The van der Waals surface area contributed by atoms with Crippen molar-refractivity contribution in [3.05, 3.63) is 77.8 Å². The number of carbonyl (C=O) groups excluding carboxylic acids is 2. The molecule has 0 aliphatic carbocycles. The van der Waals surface area contributed by atoms with Crippen LogP contribution >= 0.6 is 11.6 Å². The van der Waals surface area contributed by atoms with Gasteiger partial charge in [-0.1, -0.05) is 35.9 Å². The molecule has 4 rings (SSSR count). The van der Waals surface area contributed by atoms with Crippen LogP contribution in [-0.2, 0) is 9.59 Å². The van der Waals surface area contributed by atoms with Crippen molar-refractivity contribution in [3.63, 3.8) is 0 Å². The van der Waals surface area contributed by atoms with E-state index >= 15 is 0 Å². The molecule has 1 aliphatic heterocycles. The van der Waals surface area contributed by atoms with Crippen molar-refractivity contribution in [2.75, 3.05) is 16.8 Å². The zero-order valence-electron chi connectivity index (χ0n) is 16.2. The second-order valence-electron chi connectivity index (χ2n) is 6.75. The Morgan fingerprint density at radius 3 is 2.47 bits per heavy atom. The summed E-state index contributed by atoms with van der Waals surface area (Å²) in [5, 5.41) is 3.33.